The second kappa shape index (κ2) is 9.47. The largest absolute Gasteiger partial charge is 0.325 e. The number of carbonyl (C=O) groups excluding carboxylic acids is 1. The maximum absolute atomic E-state index is 13.0. The Hall–Kier alpha value is -2.60. The lowest BCUT2D eigenvalue weighted by atomic mass is 9.86. The number of unbranched alkanes of at least 4 members (excludes halogenated alkanes) is 1. The second-order valence-corrected chi connectivity index (χ2v) is 9.30. The standard InChI is InChI=1S/C24H29N3O2S/c1-5-6-15-27-22(29)17-11-7-9-13-19(17)26-23(27)30-16-21(28)25-20-14-10-8-12-18(20)24(2,3)4/h7-14H,5-6,15-16H2,1-4H3,(H,25,28). The predicted octanol–water partition coefficient (Wildman–Crippen LogP) is 5.22. The zero-order chi connectivity index (χ0) is 21.7. The molecule has 0 aliphatic rings. The maximum Gasteiger partial charge on any atom is 0.262 e. The van der Waals surface area contributed by atoms with Crippen molar-refractivity contribution in [1.82, 2.24) is 9.55 Å². The van der Waals surface area contributed by atoms with Gasteiger partial charge in [0.05, 0.1) is 16.7 Å². The molecular formula is C24H29N3O2S. The third kappa shape index (κ3) is 5.11. The van der Waals surface area contributed by atoms with Crippen molar-refractivity contribution in [3.63, 3.8) is 0 Å². The quantitative estimate of drug-likeness (QED) is 0.418. The molecule has 5 nitrogen and oxygen atoms in total. The van der Waals surface area contributed by atoms with Crippen LogP contribution in [0.3, 0.4) is 0 Å². The van der Waals surface area contributed by atoms with Crippen LogP contribution < -0.4 is 10.9 Å². The van der Waals surface area contributed by atoms with Crippen LogP contribution in [0.25, 0.3) is 10.9 Å². The molecule has 3 rings (SSSR count). The predicted molar refractivity (Wildman–Crippen MR) is 125 cm³/mol. The number of aromatic nitrogens is 2. The number of benzene rings is 2. The first-order valence-corrected chi connectivity index (χ1v) is 11.3. The van der Waals surface area contributed by atoms with Gasteiger partial charge in [0.15, 0.2) is 5.16 Å². The molecule has 1 heterocycles. The lowest BCUT2D eigenvalue weighted by Crippen LogP contribution is -2.24. The molecule has 30 heavy (non-hydrogen) atoms. The average molecular weight is 424 g/mol. The monoisotopic (exact) mass is 423 g/mol. The van der Waals surface area contributed by atoms with Crippen LogP contribution in [0.5, 0.6) is 0 Å². The number of rotatable bonds is 7. The van der Waals surface area contributed by atoms with Gasteiger partial charge in [-0.3, -0.25) is 14.2 Å². The Balaban J connectivity index is 1.82. The van der Waals surface area contributed by atoms with E-state index in [0.29, 0.717) is 22.6 Å². The smallest absolute Gasteiger partial charge is 0.262 e. The van der Waals surface area contributed by atoms with Gasteiger partial charge in [0.25, 0.3) is 5.56 Å². The molecule has 6 heteroatoms. The van der Waals surface area contributed by atoms with Crippen molar-refractivity contribution in [1.29, 1.82) is 0 Å². The molecule has 0 fully saturated rings. The molecular weight excluding hydrogens is 394 g/mol. The first kappa shape index (κ1) is 22.1. The molecule has 0 atom stereocenters. The fourth-order valence-electron chi connectivity index (χ4n) is 3.33. The number of carbonyl (C=O) groups is 1. The molecule has 0 bridgehead atoms. The summed E-state index contributed by atoms with van der Waals surface area (Å²) in [7, 11) is 0. The molecule has 1 N–H and O–H groups in total. The van der Waals surface area contributed by atoms with E-state index in [4.69, 9.17) is 0 Å². The highest BCUT2D eigenvalue weighted by molar-refractivity contribution is 7.99. The maximum atomic E-state index is 13.0. The van der Waals surface area contributed by atoms with Crippen LogP contribution in [-0.4, -0.2) is 21.2 Å². The normalized spacial score (nSPS) is 11.6. The van der Waals surface area contributed by atoms with Gasteiger partial charge in [0.1, 0.15) is 0 Å². The van der Waals surface area contributed by atoms with Gasteiger partial charge in [-0.15, -0.1) is 0 Å². The SMILES string of the molecule is CCCCn1c(SCC(=O)Nc2ccccc2C(C)(C)C)nc2ccccc2c1=O. The highest BCUT2D eigenvalue weighted by Gasteiger charge is 2.19. The first-order chi connectivity index (χ1) is 14.3. The lowest BCUT2D eigenvalue weighted by Gasteiger charge is -2.23. The molecule has 0 saturated heterocycles. The van der Waals surface area contributed by atoms with Crippen LogP contribution in [0.1, 0.15) is 46.1 Å². The van der Waals surface area contributed by atoms with Gasteiger partial charge in [-0.05, 0) is 35.6 Å². The number of anilines is 1. The van der Waals surface area contributed by atoms with Crippen molar-refractivity contribution in [2.75, 3.05) is 11.1 Å². The van der Waals surface area contributed by atoms with Gasteiger partial charge in [0, 0.05) is 12.2 Å². The highest BCUT2D eigenvalue weighted by atomic mass is 32.2. The van der Waals surface area contributed by atoms with E-state index in [9.17, 15) is 9.59 Å². The third-order valence-corrected chi connectivity index (χ3v) is 5.88. The van der Waals surface area contributed by atoms with Gasteiger partial charge in [-0.1, -0.05) is 76.2 Å². The summed E-state index contributed by atoms with van der Waals surface area (Å²) >= 11 is 1.31. The van der Waals surface area contributed by atoms with Crippen LogP contribution in [0.2, 0.25) is 0 Å². The minimum Gasteiger partial charge on any atom is -0.325 e. The molecule has 0 aliphatic heterocycles. The zero-order valence-corrected chi connectivity index (χ0v) is 18.9. The number of thioether (sulfide) groups is 1. The average Bonchev–Trinajstić information content (AvgIpc) is 2.71. The summed E-state index contributed by atoms with van der Waals surface area (Å²) < 4.78 is 1.70. The molecule has 1 amide bonds. The number of hydrogen-bond donors (Lipinski definition) is 1. The van der Waals surface area contributed by atoms with E-state index in [1.165, 1.54) is 11.8 Å². The minimum atomic E-state index is -0.110. The third-order valence-electron chi connectivity index (χ3n) is 4.90. The molecule has 0 spiro atoms. The number of amides is 1. The van der Waals surface area contributed by atoms with Crippen molar-refractivity contribution in [3.05, 3.63) is 64.4 Å². The molecule has 3 aromatic rings. The van der Waals surface area contributed by atoms with Gasteiger partial charge < -0.3 is 5.32 Å². The second-order valence-electron chi connectivity index (χ2n) is 8.35. The summed E-state index contributed by atoms with van der Waals surface area (Å²) in [6.07, 6.45) is 1.87. The summed E-state index contributed by atoms with van der Waals surface area (Å²) in [6, 6.07) is 15.2. The molecule has 0 aliphatic carbocycles. The molecule has 158 valence electrons. The van der Waals surface area contributed by atoms with E-state index < -0.39 is 0 Å². The Morgan fingerprint density at radius 3 is 2.53 bits per heavy atom. The lowest BCUT2D eigenvalue weighted by molar-refractivity contribution is -0.113. The van der Waals surface area contributed by atoms with Crippen LogP contribution >= 0.6 is 11.8 Å². The molecule has 0 radical (unpaired) electrons. The number of nitrogens with one attached hydrogen (secondary N) is 1. The summed E-state index contributed by atoms with van der Waals surface area (Å²) in [5.41, 5.74) is 2.46. The van der Waals surface area contributed by atoms with Crippen LogP contribution in [0, 0.1) is 0 Å². The fraction of sp³-hybridized carbons (Fsp3) is 0.375. The van der Waals surface area contributed by atoms with Gasteiger partial charge in [-0.25, -0.2) is 4.98 Å². The van der Waals surface area contributed by atoms with Crippen molar-refractivity contribution in [3.8, 4) is 0 Å². The number of nitrogens with zero attached hydrogens (tertiary/aromatic N) is 2. The Bertz CT molecular complexity index is 1100. The summed E-state index contributed by atoms with van der Waals surface area (Å²) in [5, 5.41) is 4.23. The van der Waals surface area contributed by atoms with E-state index in [1.54, 1.807) is 10.6 Å². The van der Waals surface area contributed by atoms with E-state index in [1.807, 2.05) is 42.5 Å². The Morgan fingerprint density at radius 2 is 1.80 bits per heavy atom. The van der Waals surface area contributed by atoms with E-state index in [0.717, 1.165) is 24.1 Å². The van der Waals surface area contributed by atoms with Crippen molar-refractivity contribution >= 4 is 34.3 Å². The first-order valence-electron chi connectivity index (χ1n) is 10.3. The topological polar surface area (TPSA) is 64.0 Å². The van der Waals surface area contributed by atoms with E-state index in [-0.39, 0.29) is 22.6 Å². The Kier molecular flexibility index (Phi) is 6.98. The van der Waals surface area contributed by atoms with Crippen molar-refractivity contribution < 1.29 is 4.79 Å². The minimum absolute atomic E-state index is 0.0463. The molecule has 1 aromatic heterocycles. The number of fused-ring (bicyclic) bond motifs is 1. The van der Waals surface area contributed by atoms with Crippen LogP contribution in [0.4, 0.5) is 5.69 Å². The van der Waals surface area contributed by atoms with Crippen LogP contribution in [-0.2, 0) is 16.8 Å². The van der Waals surface area contributed by atoms with E-state index >= 15 is 0 Å². The van der Waals surface area contributed by atoms with Gasteiger partial charge in [0.2, 0.25) is 5.91 Å². The summed E-state index contributed by atoms with van der Waals surface area (Å²) in [6.45, 7) is 9.06. The van der Waals surface area contributed by atoms with Crippen LogP contribution in [0.15, 0.2) is 58.5 Å². The molecule has 0 unspecified atom stereocenters. The van der Waals surface area contributed by atoms with Crippen molar-refractivity contribution in [2.24, 2.45) is 0 Å². The summed E-state index contributed by atoms with van der Waals surface area (Å²) in [5.74, 6) is 0.0798. The molecule has 0 saturated carbocycles. The summed E-state index contributed by atoms with van der Waals surface area (Å²) in [4.78, 5) is 30.3. The molecule has 2 aromatic carbocycles. The van der Waals surface area contributed by atoms with Gasteiger partial charge >= 0.3 is 0 Å². The van der Waals surface area contributed by atoms with E-state index in [2.05, 4.69) is 38.0 Å². The number of para-hydroxylation sites is 2. The Morgan fingerprint density at radius 1 is 1.10 bits per heavy atom. The number of hydrogen-bond acceptors (Lipinski definition) is 4. The van der Waals surface area contributed by atoms with Gasteiger partial charge in [-0.2, -0.15) is 0 Å². The highest BCUT2D eigenvalue weighted by Crippen LogP contribution is 2.29. The fourth-order valence-corrected chi connectivity index (χ4v) is 4.16. The van der Waals surface area contributed by atoms with Crippen molar-refractivity contribution in [2.45, 2.75) is 57.7 Å². The Labute approximate surface area is 181 Å². The zero-order valence-electron chi connectivity index (χ0n) is 18.1.